The molecule has 0 atom stereocenters. The van der Waals surface area contributed by atoms with Crippen molar-refractivity contribution in [3.05, 3.63) is 39.7 Å². The monoisotopic (exact) mass is 367 g/mol. The fourth-order valence-electron chi connectivity index (χ4n) is 1.69. The Labute approximate surface area is 122 Å². The number of imidazole rings is 1. The molecule has 3 N–H and O–H groups in total. The molecule has 0 aliphatic carbocycles. The Kier molecular flexibility index (Phi) is 3.20. The van der Waals surface area contributed by atoms with Crippen LogP contribution in [-0.4, -0.2) is 19.9 Å². The SMILES string of the molecule is Nc1nc(OCc2ccccc2I)c2[nH]cnc2n1. The van der Waals surface area contributed by atoms with E-state index in [0.717, 1.165) is 9.13 Å². The molecule has 3 aromatic rings. The lowest BCUT2D eigenvalue weighted by Crippen LogP contribution is -2.03. The third-order valence-electron chi connectivity index (χ3n) is 2.59. The number of nitrogens with two attached hydrogens (primary N) is 1. The maximum atomic E-state index is 5.72. The number of aromatic nitrogens is 4. The van der Waals surface area contributed by atoms with Gasteiger partial charge >= 0.3 is 0 Å². The molecule has 0 aliphatic heterocycles. The summed E-state index contributed by atoms with van der Waals surface area (Å²) in [6.07, 6.45) is 1.54. The summed E-state index contributed by atoms with van der Waals surface area (Å²) in [5.74, 6) is 0.567. The molecule has 0 fully saturated rings. The van der Waals surface area contributed by atoms with E-state index < -0.39 is 0 Å². The molecule has 2 aromatic heterocycles. The van der Waals surface area contributed by atoms with Gasteiger partial charge in [-0.1, -0.05) is 18.2 Å². The number of benzene rings is 1. The molecular formula is C12H10IN5O. The Balaban J connectivity index is 1.90. The van der Waals surface area contributed by atoms with Crippen molar-refractivity contribution in [1.29, 1.82) is 0 Å². The number of ether oxygens (including phenoxy) is 1. The summed E-state index contributed by atoms with van der Waals surface area (Å²) in [5.41, 5.74) is 7.87. The van der Waals surface area contributed by atoms with Crippen molar-refractivity contribution in [3.8, 4) is 5.88 Å². The largest absolute Gasteiger partial charge is 0.471 e. The van der Waals surface area contributed by atoms with Crippen molar-refractivity contribution >= 4 is 39.7 Å². The number of fused-ring (bicyclic) bond motifs is 1. The van der Waals surface area contributed by atoms with Crippen LogP contribution in [0, 0.1) is 3.57 Å². The van der Waals surface area contributed by atoms with E-state index in [-0.39, 0.29) is 5.95 Å². The van der Waals surface area contributed by atoms with E-state index in [1.54, 1.807) is 0 Å². The molecule has 0 aliphatic rings. The predicted molar refractivity (Wildman–Crippen MR) is 79.6 cm³/mol. The molecular weight excluding hydrogens is 357 g/mol. The van der Waals surface area contributed by atoms with Crippen LogP contribution in [0.25, 0.3) is 11.2 Å². The first-order valence-electron chi connectivity index (χ1n) is 5.57. The lowest BCUT2D eigenvalue weighted by molar-refractivity contribution is 0.297. The number of nitrogen functional groups attached to an aromatic ring is 1. The van der Waals surface area contributed by atoms with Crippen LogP contribution in [0.5, 0.6) is 5.88 Å². The zero-order chi connectivity index (χ0) is 13.2. The highest BCUT2D eigenvalue weighted by atomic mass is 127. The average Bonchev–Trinajstić information content (AvgIpc) is 2.85. The number of anilines is 1. The van der Waals surface area contributed by atoms with Crippen molar-refractivity contribution in [2.45, 2.75) is 6.61 Å². The first-order chi connectivity index (χ1) is 9.24. The number of aromatic amines is 1. The topological polar surface area (TPSA) is 89.7 Å². The second-order valence-corrected chi connectivity index (χ2v) is 5.03. The normalized spacial score (nSPS) is 10.8. The van der Waals surface area contributed by atoms with Gasteiger partial charge in [0.25, 0.3) is 0 Å². The smallest absolute Gasteiger partial charge is 0.245 e. The molecule has 0 spiro atoms. The fourth-order valence-corrected chi connectivity index (χ4v) is 2.23. The Morgan fingerprint density at radius 3 is 2.95 bits per heavy atom. The number of H-pyrrole nitrogens is 1. The third kappa shape index (κ3) is 2.46. The summed E-state index contributed by atoms with van der Waals surface area (Å²) in [7, 11) is 0. The van der Waals surface area contributed by atoms with Crippen molar-refractivity contribution < 1.29 is 4.74 Å². The third-order valence-corrected chi connectivity index (χ3v) is 3.64. The van der Waals surface area contributed by atoms with Crippen LogP contribution in [0.1, 0.15) is 5.56 Å². The Bertz CT molecular complexity index is 727. The number of halogens is 1. The Morgan fingerprint density at radius 1 is 1.26 bits per heavy atom. The van der Waals surface area contributed by atoms with Gasteiger partial charge in [-0.3, -0.25) is 0 Å². The van der Waals surface area contributed by atoms with Crippen LogP contribution in [-0.2, 0) is 6.61 Å². The van der Waals surface area contributed by atoms with Crippen LogP contribution in [0.2, 0.25) is 0 Å². The first-order valence-corrected chi connectivity index (χ1v) is 6.65. The molecule has 0 saturated carbocycles. The Hall–Kier alpha value is -1.90. The summed E-state index contributed by atoms with van der Waals surface area (Å²) in [6, 6.07) is 8.00. The number of nitrogens with zero attached hydrogens (tertiary/aromatic N) is 3. The van der Waals surface area contributed by atoms with E-state index >= 15 is 0 Å². The Morgan fingerprint density at radius 2 is 2.11 bits per heavy atom. The highest BCUT2D eigenvalue weighted by Crippen LogP contribution is 2.21. The van der Waals surface area contributed by atoms with Crippen LogP contribution in [0.4, 0.5) is 5.95 Å². The number of hydrogen-bond donors (Lipinski definition) is 2. The molecule has 0 radical (unpaired) electrons. The van der Waals surface area contributed by atoms with Gasteiger partial charge in [0, 0.05) is 9.13 Å². The van der Waals surface area contributed by atoms with E-state index in [2.05, 4.69) is 42.5 Å². The van der Waals surface area contributed by atoms with Gasteiger partial charge < -0.3 is 15.5 Å². The van der Waals surface area contributed by atoms with Gasteiger partial charge in [0.15, 0.2) is 5.65 Å². The maximum absolute atomic E-state index is 5.72. The second kappa shape index (κ2) is 5.00. The zero-order valence-electron chi connectivity index (χ0n) is 9.80. The highest BCUT2D eigenvalue weighted by molar-refractivity contribution is 14.1. The van der Waals surface area contributed by atoms with Gasteiger partial charge in [-0.05, 0) is 28.7 Å². The highest BCUT2D eigenvalue weighted by Gasteiger charge is 2.10. The molecule has 6 nitrogen and oxygen atoms in total. The van der Waals surface area contributed by atoms with E-state index in [0.29, 0.717) is 23.7 Å². The van der Waals surface area contributed by atoms with E-state index in [9.17, 15) is 0 Å². The predicted octanol–water partition coefficient (Wildman–Crippen LogP) is 2.12. The van der Waals surface area contributed by atoms with E-state index in [4.69, 9.17) is 10.5 Å². The lowest BCUT2D eigenvalue weighted by Gasteiger charge is -2.07. The molecule has 0 saturated heterocycles. The average molecular weight is 367 g/mol. The van der Waals surface area contributed by atoms with Gasteiger partial charge in [-0.25, -0.2) is 4.98 Å². The van der Waals surface area contributed by atoms with Gasteiger partial charge in [0.1, 0.15) is 12.1 Å². The van der Waals surface area contributed by atoms with Crippen LogP contribution in [0.15, 0.2) is 30.6 Å². The molecule has 2 heterocycles. The van der Waals surface area contributed by atoms with Crippen molar-refractivity contribution in [1.82, 2.24) is 19.9 Å². The van der Waals surface area contributed by atoms with Crippen molar-refractivity contribution in [2.75, 3.05) is 5.73 Å². The summed E-state index contributed by atoms with van der Waals surface area (Å²) < 4.78 is 6.86. The number of rotatable bonds is 3. The van der Waals surface area contributed by atoms with Crippen LogP contribution >= 0.6 is 22.6 Å². The lowest BCUT2D eigenvalue weighted by atomic mass is 10.2. The minimum Gasteiger partial charge on any atom is -0.471 e. The molecule has 3 rings (SSSR count). The fraction of sp³-hybridized carbons (Fsp3) is 0.0833. The van der Waals surface area contributed by atoms with Crippen molar-refractivity contribution in [3.63, 3.8) is 0 Å². The number of hydrogen-bond acceptors (Lipinski definition) is 5. The van der Waals surface area contributed by atoms with Gasteiger partial charge in [-0.15, -0.1) is 0 Å². The van der Waals surface area contributed by atoms with Crippen LogP contribution in [0.3, 0.4) is 0 Å². The van der Waals surface area contributed by atoms with Crippen LogP contribution < -0.4 is 10.5 Å². The van der Waals surface area contributed by atoms with Crippen molar-refractivity contribution in [2.24, 2.45) is 0 Å². The van der Waals surface area contributed by atoms with Gasteiger partial charge in [-0.2, -0.15) is 9.97 Å². The van der Waals surface area contributed by atoms with Gasteiger partial charge in [0.05, 0.1) is 6.33 Å². The van der Waals surface area contributed by atoms with Gasteiger partial charge in [0.2, 0.25) is 11.8 Å². The first kappa shape index (κ1) is 12.2. The summed E-state index contributed by atoms with van der Waals surface area (Å²) in [5, 5.41) is 0. The number of nitrogens with one attached hydrogen (secondary N) is 1. The standard InChI is InChI=1S/C12H10IN5O/c13-8-4-2-1-3-7(8)5-19-11-9-10(16-6-15-9)17-12(14)18-11/h1-4,6H,5H2,(H3,14,15,16,17,18). The maximum Gasteiger partial charge on any atom is 0.245 e. The molecule has 96 valence electrons. The second-order valence-electron chi connectivity index (χ2n) is 3.87. The summed E-state index contributed by atoms with van der Waals surface area (Å²) in [6.45, 7) is 0.420. The molecule has 19 heavy (non-hydrogen) atoms. The molecule has 0 amide bonds. The molecule has 7 heteroatoms. The minimum absolute atomic E-state index is 0.150. The molecule has 0 bridgehead atoms. The minimum atomic E-state index is 0.150. The summed E-state index contributed by atoms with van der Waals surface area (Å²) in [4.78, 5) is 15.1. The molecule has 0 unspecified atom stereocenters. The zero-order valence-corrected chi connectivity index (χ0v) is 12.0. The van der Waals surface area contributed by atoms with E-state index in [1.807, 2.05) is 24.3 Å². The quantitative estimate of drug-likeness (QED) is 0.693. The van der Waals surface area contributed by atoms with E-state index in [1.165, 1.54) is 6.33 Å². The summed E-state index contributed by atoms with van der Waals surface area (Å²) >= 11 is 2.27. The molecule has 1 aromatic carbocycles.